The van der Waals surface area contributed by atoms with Gasteiger partial charge in [-0.2, -0.15) is 4.39 Å². The third-order valence-corrected chi connectivity index (χ3v) is 2.98. The normalized spacial score (nSPS) is 12.3. The van der Waals surface area contributed by atoms with Crippen molar-refractivity contribution in [2.75, 3.05) is 7.05 Å². The molecule has 23 heavy (non-hydrogen) atoms. The van der Waals surface area contributed by atoms with Gasteiger partial charge in [-0.25, -0.2) is 9.37 Å². The molecule has 0 unspecified atom stereocenters. The van der Waals surface area contributed by atoms with Crippen LogP contribution in [-0.4, -0.2) is 22.9 Å². The van der Waals surface area contributed by atoms with Crippen molar-refractivity contribution < 1.29 is 8.78 Å². The Morgan fingerprint density at radius 1 is 1.39 bits per heavy atom. The van der Waals surface area contributed by atoms with E-state index in [1.165, 1.54) is 19.2 Å². The van der Waals surface area contributed by atoms with E-state index < -0.39 is 11.4 Å². The molecule has 1 aromatic heterocycles. The molecule has 1 heterocycles. The van der Waals surface area contributed by atoms with Gasteiger partial charge < -0.3 is 16.0 Å². The summed E-state index contributed by atoms with van der Waals surface area (Å²) in [7, 11) is 1.52. The van der Waals surface area contributed by atoms with Crippen molar-refractivity contribution in [1.29, 1.82) is 0 Å². The van der Waals surface area contributed by atoms with Gasteiger partial charge in [0.15, 0.2) is 5.82 Å². The van der Waals surface area contributed by atoms with Gasteiger partial charge in [0, 0.05) is 25.2 Å². The molecule has 0 aliphatic carbocycles. The van der Waals surface area contributed by atoms with Crippen LogP contribution in [0.2, 0.25) is 0 Å². The van der Waals surface area contributed by atoms with Crippen LogP contribution < -0.4 is 16.6 Å². The number of H-pyrrole nitrogens is 1. The summed E-state index contributed by atoms with van der Waals surface area (Å²) in [6.07, 6.45) is 2.20. The molecule has 2 rings (SSSR count). The molecule has 0 spiro atoms. The van der Waals surface area contributed by atoms with Gasteiger partial charge >= 0.3 is 0 Å². The van der Waals surface area contributed by atoms with Gasteiger partial charge in [0.05, 0.1) is 11.9 Å². The number of nitrogens with zero attached hydrogens (tertiary/aromatic N) is 2. The maximum Gasteiger partial charge on any atom is 0.287 e. The van der Waals surface area contributed by atoms with Crippen LogP contribution >= 0.6 is 0 Å². The molecule has 120 valence electrons. The Kier molecular flexibility index (Phi) is 5.19. The minimum Gasteiger partial charge on any atom is -0.396 e. The smallest absolute Gasteiger partial charge is 0.287 e. The average molecular weight is 319 g/mol. The zero-order valence-corrected chi connectivity index (χ0v) is 12.3. The van der Waals surface area contributed by atoms with Crippen LogP contribution in [0.4, 0.5) is 8.78 Å². The fraction of sp³-hybridized carbons (Fsp3) is 0.133. The van der Waals surface area contributed by atoms with Gasteiger partial charge in [-0.1, -0.05) is 18.2 Å². The third kappa shape index (κ3) is 4.22. The van der Waals surface area contributed by atoms with E-state index in [1.807, 2.05) is 0 Å². The number of aliphatic imine (C=N–C) groups is 1. The van der Waals surface area contributed by atoms with Crippen LogP contribution in [0.1, 0.15) is 11.4 Å². The number of nitrogens with two attached hydrogens (primary N) is 1. The summed E-state index contributed by atoms with van der Waals surface area (Å²) in [5.74, 6) is -0.955. The second-order valence-electron chi connectivity index (χ2n) is 4.56. The first kappa shape index (κ1) is 16.3. The second kappa shape index (κ2) is 7.30. The number of amidine groups is 1. The zero-order valence-electron chi connectivity index (χ0n) is 12.3. The molecule has 0 bridgehead atoms. The summed E-state index contributed by atoms with van der Waals surface area (Å²) < 4.78 is 26.4. The lowest BCUT2D eigenvalue weighted by atomic mass is 10.2. The summed E-state index contributed by atoms with van der Waals surface area (Å²) in [6.45, 7) is 0.205. The predicted octanol–water partition coefficient (Wildman–Crippen LogP) is 1.17. The first-order valence-corrected chi connectivity index (χ1v) is 6.67. The summed E-state index contributed by atoms with van der Waals surface area (Å²) in [6, 6.07) is 6.32. The van der Waals surface area contributed by atoms with Crippen molar-refractivity contribution in [3.05, 3.63) is 69.9 Å². The molecule has 2 aromatic rings. The topological polar surface area (TPSA) is 96.2 Å². The van der Waals surface area contributed by atoms with Crippen molar-refractivity contribution in [1.82, 2.24) is 15.3 Å². The highest BCUT2D eigenvalue weighted by molar-refractivity contribution is 5.98. The lowest BCUT2D eigenvalue weighted by Gasteiger charge is -2.08. The fourth-order valence-corrected chi connectivity index (χ4v) is 1.76. The Morgan fingerprint density at radius 2 is 2.13 bits per heavy atom. The molecule has 0 aliphatic rings. The highest BCUT2D eigenvalue weighted by Crippen LogP contribution is 2.06. The van der Waals surface area contributed by atoms with E-state index in [-0.39, 0.29) is 23.9 Å². The largest absolute Gasteiger partial charge is 0.396 e. The molecule has 0 aliphatic heterocycles. The molecule has 0 fully saturated rings. The lowest BCUT2D eigenvalue weighted by Crippen LogP contribution is -2.23. The third-order valence-electron chi connectivity index (χ3n) is 2.98. The summed E-state index contributed by atoms with van der Waals surface area (Å²) >= 11 is 0. The number of nitrogens with one attached hydrogen (secondary N) is 2. The Bertz CT molecular complexity index is 814. The Balaban J connectivity index is 2.13. The molecule has 6 nitrogen and oxygen atoms in total. The predicted molar refractivity (Wildman–Crippen MR) is 83.6 cm³/mol. The van der Waals surface area contributed by atoms with E-state index in [9.17, 15) is 13.6 Å². The molecule has 4 N–H and O–H groups in total. The number of halogens is 2. The van der Waals surface area contributed by atoms with Crippen LogP contribution in [0.15, 0.2) is 46.3 Å². The van der Waals surface area contributed by atoms with E-state index >= 15 is 0 Å². The molecule has 0 amide bonds. The van der Waals surface area contributed by atoms with Gasteiger partial charge in [0.2, 0.25) is 5.82 Å². The van der Waals surface area contributed by atoms with Crippen molar-refractivity contribution >= 4 is 11.5 Å². The molecule has 0 saturated heterocycles. The number of aromatic nitrogens is 2. The highest BCUT2D eigenvalue weighted by atomic mass is 19.1. The van der Waals surface area contributed by atoms with Crippen LogP contribution in [0.5, 0.6) is 0 Å². The van der Waals surface area contributed by atoms with E-state index in [1.54, 1.807) is 18.2 Å². The molecular formula is C15H15F2N5O. The summed E-state index contributed by atoms with van der Waals surface area (Å²) in [5.41, 5.74) is 5.44. The Labute approximate surface area is 130 Å². The maximum absolute atomic E-state index is 13.5. The van der Waals surface area contributed by atoms with Crippen molar-refractivity contribution in [2.24, 2.45) is 10.7 Å². The standard InChI is InChI=1S/C15H15F2N5O/c1-19-13(20-7-9-4-2-3-5-10(9)16)6-12(18)14-21-8-11(17)15(23)22-14/h2-6,8H,7,18H2,1H3,(H,19,20)(H,21,22,23). The number of benzene rings is 1. The Morgan fingerprint density at radius 3 is 2.78 bits per heavy atom. The molecule has 0 radical (unpaired) electrons. The number of hydrogen-bond donors (Lipinski definition) is 3. The van der Waals surface area contributed by atoms with Crippen molar-refractivity contribution in [3.8, 4) is 0 Å². The first-order valence-electron chi connectivity index (χ1n) is 6.67. The van der Waals surface area contributed by atoms with E-state index in [4.69, 9.17) is 5.73 Å². The molecule has 0 atom stereocenters. The second-order valence-corrected chi connectivity index (χ2v) is 4.56. The molecule has 1 aromatic carbocycles. The summed E-state index contributed by atoms with van der Waals surface area (Å²) in [4.78, 5) is 21.1. The minimum absolute atomic E-state index is 0.0187. The van der Waals surface area contributed by atoms with Gasteiger partial charge in [0.25, 0.3) is 5.56 Å². The SMILES string of the molecule is CN=C(C=C(N)c1ncc(F)c(=O)[nH]1)NCc1ccccc1F. The lowest BCUT2D eigenvalue weighted by molar-refractivity contribution is 0.599. The fourth-order valence-electron chi connectivity index (χ4n) is 1.76. The quantitative estimate of drug-likeness (QED) is 0.582. The van der Waals surface area contributed by atoms with E-state index in [0.717, 1.165) is 6.20 Å². The van der Waals surface area contributed by atoms with E-state index in [0.29, 0.717) is 11.4 Å². The van der Waals surface area contributed by atoms with Crippen LogP contribution in [0, 0.1) is 11.6 Å². The van der Waals surface area contributed by atoms with Crippen LogP contribution in [0.3, 0.4) is 0 Å². The first-order chi connectivity index (χ1) is 11.0. The molecular weight excluding hydrogens is 304 g/mol. The maximum atomic E-state index is 13.5. The minimum atomic E-state index is -0.997. The van der Waals surface area contributed by atoms with Gasteiger partial charge in [-0.05, 0) is 6.07 Å². The number of aromatic amines is 1. The van der Waals surface area contributed by atoms with Crippen LogP contribution in [0.25, 0.3) is 5.70 Å². The monoisotopic (exact) mass is 319 g/mol. The summed E-state index contributed by atoms with van der Waals surface area (Å²) in [5, 5.41) is 2.91. The van der Waals surface area contributed by atoms with Gasteiger partial charge in [0.1, 0.15) is 11.7 Å². The highest BCUT2D eigenvalue weighted by Gasteiger charge is 2.06. The number of rotatable bonds is 4. The average Bonchev–Trinajstić information content (AvgIpc) is 2.55. The zero-order chi connectivity index (χ0) is 16.8. The van der Waals surface area contributed by atoms with Crippen molar-refractivity contribution in [3.63, 3.8) is 0 Å². The van der Waals surface area contributed by atoms with Crippen LogP contribution in [-0.2, 0) is 6.54 Å². The van der Waals surface area contributed by atoms with Crippen molar-refractivity contribution in [2.45, 2.75) is 6.54 Å². The van der Waals surface area contributed by atoms with E-state index in [2.05, 4.69) is 20.3 Å². The van der Waals surface area contributed by atoms with Gasteiger partial charge in [-0.15, -0.1) is 0 Å². The Hall–Kier alpha value is -3.03. The molecule has 8 heteroatoms. The number of hydrogen-bond acceptors (Lipinski definition) is 4. The van der Waals surface area contributed by atoms with Gasteiger partial charge in [-0.3, -0.25) is 9.79 Å². The molecule has 0 saturated carbocycles.